The lowest BCUT2D eigenvalue weighted by molar-refractivity contribution is 0.0734. The van der Waals surface area contributed by atoms with E-state index in [2.05, 4.69) is 29.2 Å². The minimum Gasteiger partial charge on any atom is -0.488 e. The maximum absolute atomic E-state index is 12.6. The Morgan fingerprint density at radius 1 is 1.00 bits per heavy atom. The van der Waals surface area contributed by atoms with E-state index in [9.17, 15) is 4.79 Å². The molecule has 0 saturated carbocycles. The molecule has 3 aromatic carbocycles. The topological polar surface area (TPSA) is 38.8 Å². The van der Waals surface area contributed by atoms with Crippen molar-refractivity contribution < 1.29 is 14.3 Å². The molecule has 0 spiro atoms. The summed E-state index contributed by atoms with van der Waals surface area (Å²) in [5.74, 6) is 1.71. The number of piperidine rings is 1. The van der Waals surface area contributed by atoms with Crippen LogP contribution in [-0.2, 0) is 6.42 Å². The third-order valence-corrected chi connectivity index (χ3v) is 6.23. The number of carbonyl (C=O) groups is 1. The third kappa shape index (κ3) is 4.64. The normalized spacial score (nSPS) is 20.6. The second kappa shape index (κ2) is 8.94. The Labute approximate surface area is 183 Å². The molecule has 4 nitrogen and oxygen atoms in total. The summed E-state index contributed by atoms with van der Waals surface area (Å²) in [5.41, 5.74) is 3.13. The Hall–Kier alpha value is -3.11. The minimum absolute atomic E-state index is 0.225. The molecule has 0 bridgehead atoms. The molecule has 1 fully saturated rings. The summed E-state index contributed by atoms with van der Waals surface area (Å²) < 4.78 is 11.7. The van der Waals surface area contributed by atoms with Crippen molar-refractivity contribution in [2.75, 3.05) is 19.6 Å². The van der Waals surface area contributed by atoms with Gasteiger partial charge in [0.2, 0.25) is 0 Å². The molecular formula is C27H27NO3. The molecule has 1 saturated heterocycles. The molecule has 5 rings (SSSR count). The first-order valence-corrected chi connectivity index (χ1v) is 11.1. The summed E-state index contributed by atoms with van der Waals surface area (Å²) in [6, 6.07) is 25.5. The van der Waals surface area contributed by atoms with Gasteiger partial charge in [0.05, 0.1) is 5.56 Å². The number of para-hydroxylation sites is 2. The fourth-order valence-corrected chi connectivity index (χ4v) is 4.71. The molecule has 0 aliphatic carbocycles. The number of rotatable bonds is 5. The summed E-state index contributed by atoms with van der Waals surface area (Å²) in [4.78, 5) is 15.1. The number of nitrogens with zero attached hydrogens (tertiary/aromatic N) is 1. The highest BCUT2D eigenvalue weighted by Crippen LogP contribution is 2.31. The highest BCUT2D eigenvalue weighted by atomic mass is 16.5. The molecule has 0 radical (unpaired) electrons. The fraction of sp³-hybridized carbons (Fsp3) is 0.296. The molecule has 2 aliphatic rings. The summed E-state index contributed by atoms with van der Waals surface area (Å²) in [5, 5.41) is 0. The summed E-state index contributed by atoms with van der Waals surface area (Å²) in [6.07, 6.45) is 3.50. The van der Waals surface area contributed by atoms with Crippen LogP contribution in [0.3, 0.4) is 0 Å². The van der Waals surface area contributed by atoms with E-state index in [4.69, 9.17) is 9.47 Å². The van der Waals surface area contributed by atoms with Gasteiger partial charge < -0.3 is 9.47 Å². The van der Waals surface area contributed by atoms with E-state index in [0.717, 1.165) is 44.6 Å². The van der Waals surface area contributed by atoms with Crippen LogP contribution in [0.25, 0.3) is 0 Å². The van der Waals surface area contributed by atoms with Gasteiger partial charge in [-0.3, -0.25) is 4.90 Å². The molecule has 3 aromatic rings. The summed E-state index contributed by atoms with van der Waals surface area (Å²) in [7, 11) is 0. The summed E-state index contributed by atoms with van der Waals surface area (Å²) in [6.45, 7) is 3.04. The average Bonchev–Trinajstić information content (AvgIpc) is 3.22. The molecule has 2 unspecified atom stereocenters. The Balaban J connectivity index is 1.22. The second-order valence-corrected chi connectivity index (χ2v) is 8.48. The number of esters is 1. The first-order chi connectivity index (χ1) is 15.2. The number of ether oxygens (including phenoxy) is 2. The van der Waals surface area contributed by atoms with Crippen molar-refractivity contribution in [1.29, 1.82) is 0 Å². The lowest BCUT2D eigenvalue weighted by Gasteiger charge is -2.34. The van der Waals surface area contributed by atoms with Crippen LogP contribution in [0.1, 0.15) is 40.2 Å². The first-order valence-electron chi connectivity index (χ1n) is 11.1. The van der Waals surface area contributed by atoms with Crippen molar-refractivity contribution in [1.82, 2.24) is 4.90 Å². The number of carbonyl (C=O) groups excluding carboxylic acids is 1. The lowest BCUT2D eigenvalue weighted by Crippen LogP contribution is -2.40. The average molecular weight is 414 g/mol. The number of fused-ring (bicyclic) bond motifs is 1. The second-order valence-electron chi connectivity index (χ2n) is 8.48. The third-order valence-electron chi connectivity index (χ3n) is 6.23. The fourth-order valence-electron chi connectivity index (χ4n) is 4.71. The van der Waals surface area contributed by atoms with E-state index in [0.29, 0.717) is 17.2 Å². The van der Waals surface area contributed by atoms with Gasteiger partial charge in [0, 0.05) is 19.5 Å². The van der Waals surface area contributed by atoms with Gasteiger partial charge in [0.25, 0.3) is 0 Å². The van der Waals surface area contributed by atoms with E-state index < -0.39 is 0 Å². The van der Waals surface area contributed by atoms with Crippen LogP contribution in [0.2, 0.25) is 0 Å². The smallest absolute Gasteiger partial charge is 0.343 e. The summed E-state index contributed by atoms with van der Waals surface area (Å²) >= 11 is 0. The van der Waals surface area contributed by atoms with E-state index in [1.807, 2.05) is 42.5 Å². The van der Waals surface area contributed by atoms with E-state index >= 15 is 0 Å². The van der Waals surface area contributed by atoms with Crippen molar-refractivity contribution in [3.63, 3.8) is 0 Å². The highest BCUT2D eigenvalue weighted by Gasteiger charge is 2.28. The highest BCUT2D eigenvalue weighted by molar-refractivity contribution is 5.91. The predicted octanol–water partition coefficient (Wildman–Crippen LogP) is 5.09. The van der Waals surface area contributed by atoms with Crippen molar-refractivity contribution >= 4 is 5.97 Å². The molecule has 4 heteroatoms. The van der Waals surface area contributed by atoms with Crippen LogP contribution in [-0.4, -0.2) is 36.6 Å². The van der Waals surface area contributed by atoms with Gasteiger partial charge in [-0.1, -0.05) is 48.5 Å². The van der Waals surface area contributed by atoms with Gasteiger partial charge in [0.1, 0.15) is 17.6 Å². The van der Waals surface area contributed by atoms with Crippen LogP contribution < -0.4 is 9.47 Å². The molecule has 158 valence electrons. The van der Waals surface area contributed by atoms with Gasteiger partial charge in [-0.05, 0) is 66.8 Å². The maximum atomic E-state index is 12.6. The SMILES string of the molecule is O=C(Oc1ccccc1)c1cccc(C2CCCN(CC3Cc4ccccc4O3)C2)c1. The van der Waals surface area contributed by atoms with Gasteiger partial charge >= 0.3 is 5.97 Å². The number of benzene rings is 3. The molecule has 0 amide bonds. The van der Waals surface area contributed by atoms with Crippen LogP contribution in [0.15, 0.2) is 78.9 Å². The van der Waals surface area contributed by atoms with E-state index in [-0.39, 0.29) is 12.1 Å². The van der Waals surface area contributed by atoms with Crippen molar-refractivity contribution in [2.24, 2.45) is 0 Å². The molecule has 2 heterocycles. The zero-order valence-electron chi connectivity index (χ0n) is 17.6. The molecule has 2 aliphatic heterocycles. The van der Waals surface area contributed by atoms with E-state index in [1.54, 1.807) is 12.1 Å². The van der Waals surface area contributed by atoms with Crippen LogP contribution in [0.4, 0.5) is 0 Å². The lowest BCUT2D eigenvalue weighted by atomic mass is 9.89. The minimum atomic E-state index is -0.308. The van der Waals surface area contributed by atoms with Crippen LogP contribution in [0.5, 0.6) is 11.5 Å². The van der Waals surface area contributed by atoms with Crippen molar-refractivity contribution in [2.45, 2.75) is 31.3 Å². The predicted molar refractivity (Wildman–Crippen MR) is 121 cm³/mol. The standard InChI is InChI=1S/C27H27NO3/c29-27(31-24-12-2-1-3-13-24)22-10-6-9-20(16-22)23-11-7-15-28(18-23)19-25-17-21-8-4-5-14-26(21)30-25/h1-6,8-10,12-14,16,23,25H,7,11,15,17-19H2. The van der Waals surface area contributed by atoms with E-state index in [1.165, 1.54) is 11.1 Å². The first kappa shape index (κ1) is 19.8. The largest absolute Gasteiger partial charge is 0.488 e. The molecule has 31 heavy (non-hydrogen) atoms. The molecular weight excluding hydrogens is 386 g/mol. The Morgan fingerprint density at radius 2 is 1.84 bits per heavy atom. The van der Waals surface area contributed by atoms with Crippen molar-refractivity contribution in [3.05, 3.63) is 95.6 Å². The Bertz CT molecular complexity index is 1020. The zero-order chi connectivity index (χ0) is 21.0. The monoisotopic (exact) mass is 413 g/mol. The molecule has 0 N–H and O–H groups in total. The quantitative estimate of drug-likeness (QED) is 0.431. The van der Waals surface area contributed by atoms with Crippen molar-refractivity contribution in [3.8, 4) is 11.5 Å². The number of hydrogen-bond acceptors (Lipinski definition) is 4. The van der Waals surface area contributed by atoms with Crippen LogP contribution >= 0.6 is 0 Å². The zero-order valence-corrected chi connectivity index (χ0v) is 17.6. The molecule has 0 aromatic heterocycles. The Kier molecular flexibility index (Phi) is 5.72. The van der Waals surface area contributed by atoms with Gasteiger partial charge in [-0.15, -0.1) is 0 Å². The molecule has 2 atom stereocenters. The maximum Gasteiger partial charge on any atom is 0.343 e. The van der Waals surface area contributed by atoms with Crippen LogP contribution in [0, 0.1) is 0 Å². The Morgan fingerprint density at radius 3 is 2.71 bits per heavy atom. The van der Waals surface area contributed by atoms with Gasteiger partial charge in [0.15, 0.2) is 0 Å². The van der Waals surface area contributed by atoms with Gasteiger partial charge in [-0.25, -0.2) is 4.79 Å². The number of likely N-dealkylation sites (tertiary alicyclic amines) is 1. The number of hydrogen-bond donors (Lipinski definition) is 0. The van der Waals surface area contributed by atoms with Gasteiger partial charge in [-0.2, -0.15) is 0 Å².